The minimum Gasteiger partial charge on any atom is -0.267 e. The van der Waals surface area contributed by atoms with Gasteiger partial charge in [0.15, 0.2) is 4.32 Å². The monoisotopic (exact) mass is 474 g/mol. The van der Waals surface area contributed by atoms with Crippen LogP contribution in [0.5, 0.6) is 0 Å². The first-order valence-corrected chi connectivity index (χ1v) is 10.6. The van der Waals surface area contributed by atoms with E-state index in [1.807, 2.05) is 12.1 Å². The van der Waals surface area contributed by atoms with Crippen molar-refractivity contribution >= 4 is 62.1 Å². The Morgan fingerprint density at radius 3 is 2.29 bits per heavy atom. The number of rotatable bonds is 3. The van der Waals surface area contributed by atoms with Crippen molar-refractivity contribution in [3.05, 3.63) is 74.6 Å². The number of amides is 2. The van der Waals surface area contributed by atoms with Crippen LogP contribution in [0.25, 0.3) is 6.08 Å². The zero-order chi connectivity index (χ0) is 20.5. The molecule has 2 aromatic carbocycles. The summed E-state index contributed by atoms with van der Waals surface area (Å²) in [4.78, 5) is 25.6. The van der Waals surface area contributed by atoms with E-state index < -0.39 is 0 Å². The van der Waals surface area contributed by atoms with E-state index in [-0.39, 0.29) is 17.2 Å². The second-order valence-electron chi connectivity index (χ2n) is 7.34. The van der Waals surface area contributed by atoms with Gasteiger partial charge in [-0.05, 0) is 59.1 Å². The lowest BCUT2D eigenvalue weighted by Crippen LogP contribution is -2.44. The molecule has 1 saturated heterocycles. The van der Waals surface area contributed by atoms with Crippen LogP contribution >= 0.6 is 39.9 Å². The Labute approximate surface area is 182 Å². The molecule has 1 aliphatic rings. The van der Waals surface area contributed by atoms with Gasteiger partial charge < -0.3 is 0 Å². The molecule has 1 aliphatic heterocycles. The first-order chi connectivity index (χ1) is 13.1. The third kappa shape index (κ3) is 4.71. The molecule has 28 heavy (non-hydrogen) atoms. The van der Waals surface area contributed by atoms with E-state index in [0.29, 0.717) is 14.8 Å². The highest BCUT2D eigenvalue weighted by atomic mass is 79.9. The molecule has 1 N–H and O–H groups in total. The standard InChI is InChI=1S/C21H19BrN2O2S2/c1-21(2,3)15-8-4-13(5-9-15)12-17-19(26)24(20(27)28-17)23-18(25)14-6-10-16(22)11-7-14/h4-12H,1-3H3,(H,23,25)/b17-12+. The third-order valence-corrected chi connectivity index (χ3v) is 6.02. The Morgan fingerprint density at radius 1 is 1.11 bits per heavy atom. The number of hydrazine groups is 1. The Hall–Kier alpha value is -1.96. The van der Waals surface area contributed by atoms with Gasteiger partial charge in [0.2, 0.25) is 0 Å². The van der Waals surface area contributed by atoms with Crippen LogP contribution in [0.2, 0.25) is 0 Å². The SMILES string of the molecule is CC(C)(C)c1ccc(/C=C2/SC(=S)N(NC(=O)c3ccc(Br)cc3)C2=O)cc1. The molecule has 0 aromatic heterocycles. The van der Waals surface area contributed by atoms with E-state index in [4.69, 9.17) is 12.2 Å². The zero-order valence-corrected chi connectivity index (χ0v) is 18.9. The van der Waals surface area contributed by atoms with Gasteiger partial charge in [-0.3, -0.25) is 15.0 Å². The molecule has 144 valence electrons. The lowest BCUT2D eigenvalue weighted by molar-refractivity contribution is -0.123. The molecule has 7 heteroatoms. The van der Waals surface area contributed by atoms with Gasteiger partial charge in [0.05, 0.1) is 4.91 Å². The average Bonchev–Trinajstić information content (AvgIpc) is 2.89. The van der Waals surface area contributed by atoms with Gasteiger partial charge in [0, 0.05) is 10.0 Å². The molecule has 4 nitrogen and oxygen atoms in total. The number of halogens is 1. The van der Waals surface area contributed by atoms with E-state index >= 15 is 0 Å². The largest absolute Gasteiger partial charge is 0.285 e. The number of hydrogen-bond donors (Lipinski definition) is 1. The quantitative estimate of drug-likeness (QED) is 0.484. The van der Waals surface area contributed by atoms with E-state index in [0.717, 1.165) is 15.0 Å². The normalized spacial score (nSPS) is 16.0. The molecule has 0 aliphatic carbocycles. The fourth-order valence-electron chi connectivity index (χ4n) is 2.56. The molecule has 1 fully saturated rings. The summed E-state index contributed by atoms with van der Waals surface area (Å²) in [7, 11) is 0. The maximum atomic E-state index is 12.7. The highest BCUT2D eigenvalue weighted by Gasteiger charge is 2.33. The first-order valence-electron chi connectivity index (χ1n) is 8.60. The van der Waals surface area contributed by atoms with Crippen molar-refractivity contribution in [3.63, 3.8) is 0 Å². The number of carbonyl (C=O) groups excluding carboxylic acids is 2. The Kier molecular flexibility index (Phi) is 6.07. The molecule has 0 atom stereocenters. The van der Waals surface area contributed by atoms with Crippen LogP contribution in [0.15, 0.2) is 57.9 Å². The van der Waals surface area contributed by atoms with Crippen molar-refractivity contribution in [2.75, 3.05) is 0 Å². The summed E-state index contributed by atoms with van der Waals surface area (Å²) >= 11 is 9.78. The molecule has 0 unspecified atom stereocenters. The summed E-state index contributed by atoms with van der Waals surface area (Å²) < 4.78 is 1.17. The maximum absolute atomic E-state index is 12.7. The summed E-state index contributed by atoms with van der Waals surface area (Å²) in [6, 6.07) is 14.9. The predicted molar refractivity (Wildman–Crippen MR) is 122 cm³/mol. The third-order valence-electron chi connectivity index (χ3n) is 4.19. The van der Waals surface area contributed by atoms with Crippen LogP contribution in [0.4, 0.5) is 0 Å². The molecule has 0 saturated carbocycles. The van der Waals surface area contributed by atoms with Crippen molar-refractivity contribution in [1.29, 1.82) is 0 Å². The van der Waals surface area contributed by atoms with Crippen molar-refractivity contribution < 1.29 is 9.59 Å². The van der Waals surface area contributed by atoms with Crippen LogP contribution in [0, 0.1) is 0 Å². The Morgan fingerprint density at radius 2 is 1.71 bits per heavy atom. The van der Waals surface area contributed by atoms with Crippen molar-refractivity contribution in [3.8, 4) is 0 Å². The summed E-state index contributed by atoms with van der Waals surface area (Å²) in [6.07, 6.45) is 1.79. The topological polar surface area (TPSA) is 49.4 Å². The second kappa shape index (κ2) is 8.19. The highest BCUT2D eigenvalue weighted by molar-refractivity contribution is 9.10. The van der Waals surface area contributed by atoms with Gasteiger partial charge in [-0.25, -0.2) is 0 Å². The van der Waals surface area contributed by atoms with Crippen molar-refractivity contribution in [2.45, 2.75) is 26.2 Å². The van der Waals surface area contributed by atoms with E-state index in [1.54, 1.807) is 30.3 Å². The first kappa shape index (κ1) is 20.8. The number of thioether (sulfide) groups is 1. The molecular weight excluding hydrogens is 456 g/mol. The Bertz CT molecular complexity index is 961. The van der Waals surface area contributed by atoms with E-state index in [2.05, 4.69) is 54.3 Å². The summed E-state index contributed by atoms with van der Waals surface area (Å²) in [5.41, 5.74) is 5.23. The molecule has 0 spiro atoms. The van der Waals surface area contributed by atoms with E-state index in [1.165, 1.54) is 17.3 Å². The number of nitrogens with one attached hydrogen (secondary N) is 1. The minimum atomic E-state index is -0.389. The van der Waals surface area contributed by atoms with Gasteiger partial charge >= 0.3 is 0 Å². The summed E-state index contributed by atoms with van der Waals surface area (Å²) in [5.74, 6) is -0.722. The number of benzene rings is 2. The van der Waals surface area contributed by atoms with Crippen LogP contribution in [0.1, 0.15) is 42.3 Å². The summed E-state index contributed by atoms with van der Waals surface area (Å²) in [6.45, 7) is 6.46. The molecule has 3 rings (SSSR count). The average molecular weight is 475 g/mol. The smallest absolute Gasteiger partial charge is 0.267 e. The second-order valence-corrected chi connectivity index (χ2v) is 9.93. The Balaban J connectivity index is 1.75. The molecule has 1 heterocycles. The molecule has 2 amide bonds. The molecular formula is C21H19BrN2O2S2. The fraction of sp³-hybridized carbons (Fsp3) is 0.190. The van der Waals surface area contributed by atoms with Gasteiger partial charge in [-0.1, -0.05) is 72.7 Å². The van der Waals surface area contributed by atoms with Crippen molar-refractivity contribution in [1.82, 2.24) is 10.4 Å². The van der Waals surface area contributed by atoms with Gasteiger partial charge in [0.25, 0.3) is 11.8 Å². The van der Waals surface area contributed by atoms with Crippen LogP contribution in [-0.4, -0.2) is 21.1 Å². The van der Waals surface area contributed by atoms with Crippen molar-refractivity contribution in [2.24, 2.45) is 0 Å². The van der Waals surface area contributed by atoms with Gasteiger partial charge in [0.1, 0.15) is 0 Å². The van der Waals surface area contributed by atoms with Crippen LogP contribution in [-0.2, 0) is 10.2 Å². The number of nitrogens with zero attached hydrogens (tertiary/aromatic N) is 1. The summed E-state index contributed by atoms with van der Waals surface area (Å²) in [5, 5.41) is 1.12. The van der Waals surface area contributed by atoms with E-state index in [9.17, 15) is 9.59 Å². The lowest BCUT2D eigenvalue weighted by Gasteiger charge is -2.18. The van der Waals surface area contributed by atoms with Crippen LogP contribution < -0.4 is 5.43 Å². The lowest BCUT2D eigenvalue weighted by atomic mass is 9.87. The zero-order valence-electron chi connectivity index (χ0n) is 15.7. The van der Waals surface area contributed by atoms with Gasteiger partial charge in [-0.15, -0.1) is 0 Å². The fourth-order valence-corrected chi connectivity index (χ4v) is 4.01. The van der Waals surface area contributed by atoms with Gasteiger partial charge in [-0.2, -0.15) is 5.01 Å². The molecule has 0 radical (unpaired) electrons. The maximum Gasteiger partial charge on any atom is 0.285 e. The number of hydrogen-bond acceptors (Lipinski definition) is 4. The predicted octanol–water partition coefficient (Wildman–Crippen LogP) is 5.29. The molecule has 2 aromatic rings. The number of carbonyl (C=O) groups is 2. The minimum absolute atomic E-state index is 0.0687. The molecule has 0 bridgehead atoms. The number of thiocarbonyl (C=S) groups is 1. The highest BCUT2D eigenvalue weighted by Crippen LogP contribution is 2.32. The van der Waals surface area contributed by atoms with Crippen LogP contribution in [0.3, 0.4) is 0 Å².